The lowest BCUT2D eigenvalue weighted by atomic mass is 10.0. The Balaban J connectivity index is 1.74. The molecule has 1 fully saturated rings. The van der Waals surface area contributed by atoms with E-state index in [1.807, 2.05) is 0 Å². The monoisotopic (exact) mass is 236 g/mol. The third-order valence-corrected chi connectivity index (χ3v) is 3.33. The van der Waals surface area contributed by atoms with E-state index in [9.17, 15) is 9.59 Å². The van der Waals surface area contributed by atoms with Crippen molar-refractivity contribution >= 4 is 23.2 Å². The first-order chi connectivity index (χ1) is 7.75. The molecule has 1 atom stereocenters. The van der Waals surface area contributed by atoms with Crippen LogP contribution in [0.5, 0.6) is 5.19 Å². The highest BCUT2D eigenvalue weighted by Crippen LogP contribution is 2.34. The van der Waals surface area contributed by atoms with Gasteiger partial charge >= 0.3 is 5.97 Å². The van der Waals surface area contributed by atoms with Crippen LogP contribution in [0.3, 0.4) is 0 Å². The predicted octanol–water partition coefficient (Wildman–Crippen LogP) is 0.937. The lowest BCUT2D eigenvalue weighted by molar-refractivity contribution is -0.146. The smallest absolute Gasteiger partial charge is 0.362 e. The second kappa shape index (κ2) is 3.41. The minimum absolute atomic E-state index is 0.00941. The fraction of sp³-hybridized carbons (Fsp3) is 0.300. The van der Waals surface area contributed by atoms with Crippen molar-refractivity contribution in [2.75, 3.05) is 0 Å². The van der Waals surface area contributed by atoms with Crippen LogP contribution >= 0.6 is 11.3 Å². The molecule has 1 aromatic rings. The van der Waals surface area contributed by atoms with E-state index in [4.69, 9.17) is 4.74 Å². The van der Waals surface area contributed by atoms with E-state index in [2.05, 4.69) is 4.98 Å². The molecule has 0 aromatic carbocycles. The maximum atomic E-state index is 11.7. The summed E-state index contributed by atoms with van der Waals surface area (Å²) in [4.78, 5) is 28.4. The molecule has 0 bridgehead atoms. The maximum Gasteiger partial charge on any atom is 0.362 e. The number of carbonyl (C=O) groups excluding carboxylic acids is 2. The van der Waals surface area contributed by atoms with Gasteiger partial charge < -0.3 is 9.64 Å². The normalized spacial score (nSPS) is 22.5. The lowest BCUT2D eigenvalue weighted by Crippen LogP contribution is -2.50. The summed E-state index contributed by atoms with van der Waals surface area (Å²) in [6, 6.07) is 0.173. The minimum atomic E-state index is -0.495. The largest absolute Gasteiger partial charge is 0.393 e. The zero-order chi connectivity index (χ0) is 11.1. The summed E-state index contributed by atoms with van der Waals surface area (Å²) in [6.45, 7) is 0. The van der Waals surface area contributed by atoms with E-state index in [0.717, 1.165) is 6.42 Å². The molecule has 0 saturated carbocycles. The Kier molecular flexibility index (Phi) is 2.03. The average molecular weight is 236 g/mol. The van der Waals surface area contributed by atoms with Crippen molar-refractivity contribution in [3.05, 3.63) is 23.3 Å². The molecular formula is C10H8N2O3S. The number of hydrogen-bond donors (Lipinski definition) is 0. The molecule has 3 rings (SSSR count). The Hall–Kier alpha value is -1.69. The van der Waals surface area contributed by atoms with Gasteiger partial charge in [-0.2, -0.15) is 0 Å². The molecule has 1 aromatic heterocycles. The van der Waals surface area contributed by atoms with E-state index in [1.54, 1.807) is 17.7 Å². The van der Waals surface area contributed by atoms with Crippen LogP contribution in [0, 0.1) is 0 Å². The van der Waals surface area contributed by atoms with Crippen LogP contribution in [0.2, 0.25) is 0 Å². The SMILES string of the molecule is O=C(Oc1nccs1)C1=CC[C@@H]2CC(=O)N12. The number of aromatic nitrogens is 1. The van der Waals surface area contributed by atoms with Gasteiger partial charge in [-0.15, -0.1) is 0 Å². The molecule has 16 heavy (non-hydrogen) atoms. The molecule has 1 amide bonds. The zero-order valence-corrected chi connectivity index (χ0v) is 9.07. The van der Waals surface area contributed by atoms with Gasteiger partial charge in [0.15, 0.2) is 0 Å². The molecule has 3 heterocycles. The second-order valence-corrected chi connectivity index (χ2v) is 4.49. The van der Waals surface area contributed by atoms with Crippen molar-refractivity contribution in [2.24, 2.45) is 0 Å². The van der Waals surface area contributed by atoms with Gasteiger partial charge in [0.2, 0.25) is 5.91 Å². The number of carbonyl (C=O) groups is 2. The van der Waals surface area contributed by atoms with Crippen LogP contribution in [0.4, 0.5) is 0 Å². The Morgan fingerprint density at radius 2 is 2.50 bits per heavy atom. The Morgan fingerprint density at radius 1 is 1.62 bits per heavy atom. The van der Waals surface area contributed by atoms with Crippen LogP contribution in [0.1, 0.15) is 12.8 Å². The summed E-state index contributed by atoms with van der Waals surface area (Å²) in [5.41, 5.74) is 0.358. The number of amides is 1. The fourth-order valence-electron chi connectivity index (χ4n) is 1.92. The van der Waals surface area contributed by atoms with Crippen molar-refractivity contribution in [1.29, 1.82) is 0 Å². The van der Waals surface area contributed by atoms with Crippen LogP contribution in [-0.2, 0) is 9.59 Å². The van der Waals surface area contributed by atoms with Crippen LogP contribution < -0.4 is 4.74 Å². The van der Waals surface area contributed by atoms with Crippen molar-refractivity contribution in [1.82, 2.24) is 9.88 Å². The number of β-lactam (4-membered cyclic amide) rings is 1. The van der Waals surface area contributed by atoms with Crippen LogP contribution in [0.25, 0.3) is 0 Å². The quantitative estimate of drug-likeness (QED) is 0.566. The zero-order valence-electron chi connectivity index (χ0n) is 8.25. The van der Waals surface area contributed by atoms with Gasteiger partial charge in [0.05, 0.1) is 0 Å². The van der Waals surface area contributed by atoms with Crippen LogP contribution in [-0.4, -0.2) is 27.8 Å². The fourth-order valence-corrected chi connectivity index (χ4v) is 2.41. The highest BCUT2D eigenvalue weighted by atomic mass is 32.1. The highest BCUT2D eigenvalue weighted by Gasteiger charge is 2.44. The molecular weight excluding hydrogens is 228 g/mol. The first kappa shape index (κ1) is 9.53. The Morgan fingerprint density at radius 3 is 3.19 bits per heavy atom. The van der Waals surface area contributed by atoms with Gasteiger partial charge in [0, 0.05) is 24.0 Å². The summed E-state index contributed by atoms with van der Waals surface area (Å²) in [7, 11) is 0. The van der Waals surface area contributed by atoms with Gasteiger partial charge in [-0.05, 0) is 6.42 Å². The third kappa shape index (κ3) is 1.34. The molecule has 6 heteroatoms. The van der Waals surface area contributed by atoms with E-state index in [-0.39, 0.29) is 11.9 Å². The topological polar surface area (TPSA) is 59.5 Å². The first-order valence-corrected chi connectivity index (χ1v) is 5.77. The summed E-state index contributed by atoms with van der Waals surface area (Å²) >= 11 is 1.25. The molecule has 2 aliphatic heterocycles. The summed E-state index contributed by atoms with van der Waals surface area (Å²) < 4.78 is 5.05. The number of nitrogens with zero attached hydrogens (tertiary/aromatic N) is 2. The lowest BCUT2D eigenvalue weighted by Gasteiger charge is -2.35. The standard InChI is InChI=1S/C10H8N2O3S/c13-8-5-6-1-2-7(12(6)8)9(14)15-10-11-3-4-16-10/h2-4,6H,1,5H2/t6-/m1/s1. The van der Waals surface area contributed by atoms with E-state index in [0.29, 0.717) is 17.3 Å². The molecule has 0 N–H and O–H groups in total. The highest BCUT2D eigenvalue weighted by molar-refractivity contribution is 7.11. The third-order valence-electron chi connectivity index (χ3n) is 2.69. The average Bonchev–Trinajstić information content (AvgIpc) is 2.84. The predicted molar refractivity (Wildman–Crippen MR) is 55.7 cm³/mol. The van der Waals surface area contributed by atoms with Crippen molar-refractivity contribution in [2.45, 2.75) is 18.9 Å². The number of thiazole rings is 1. The number of fused-ring (bicyclic) bond motifs is 1. The van der Waals surface area contributed by atoms with Gasteiger partial charge in [0.1, 0.15) is 5.70 Å². The Bertz CT molecular complexity index is 480. The molecule has 0 unspecified atom stereocenters. The number of ether oxygens (including phenoxy) is 1. The number of rotatable bonds is 2. The summed E-state index contributed by atoms with van der Waals surface area (Å²) in [5.74, 6) is -0.504. The van der Waals surface area contributed by atoms with Gasteiger partial charge in [0.25, 0.3) is 5.19 Å². The number of esters is 1. The van der Waals surface area contributed by atoms with E-state index < -0.39 is 5.97 Å². The van der Waals surface area contributed by atoms with E-state index >= 15 is 0 Å². The first-order valence-electron chi connectivity index (χ1n) is 4.89. The van der Waals surface area contributed by atoms with Crippen molar-refractivity contribution in [3.63, 3.8) is 0 Å². The molecule has 0 spiro atoms. The molecule has 5 nitrogen and oxygen atoms in total. The second-order valence-electron chi connectivity index (χ2n) is 3.63. The van der Waals surface area contributed by atoms with Crippen molar-refractivity contribution < 1.29 is 14.3 Å². The van der Waals surface area contributed by atoms with Gasteiger partial charge in [-0.25, -0.2) is 9.78 Å². The summed E-state index contributed by atoms with van der Waals surface area (Å²) in [5, 5.41) is 2.03. The molecule has 2 aliphatic rings. The maximum absolute atomic E-state index is 11.7. The van der Waals surface area contributed by atoms with Crippen molar-refractivity contribution in [3.8, 4) is 5.19 Å². The molecule has 0 aliphatic carbocycles. The molecule has 0 radical (unpaired) electrons. The Labute approximate surface area is 95.3 Å². The number of hydrogen-bond acceptors (Lipinski definition) is 5. The molecule has 1 saturated heterocycles. The van der Waals surface area contributed by atoms with Gasteiger partial charge in [-0.1, -0.05) is 17.4 Å². The minimum Gasteiger partial charge on any atom is -0.393 e. The van der Waals surface area contributed by atoms with Crippen LogP contribution in [0.15, 0.2) is 23.3 Å². The molecule has 82 valence electrons. The van der Waals surface area contributed by atoms with E-state index in [1.165, 1.54) is 16.2 Å². The van der Waals surface area contributed by atoms with Gasteiger partial charge in [-0.3, -0.25) is 4.79 Å². The summed E-state index contributed by atoms with van der Waals surface area (Å²) in [6.07, 6.45) is 4.60.